The number of carbonyl (C=O) groups excluding carboxylic acids is 5. The average Bonchev–Trinajstić information content (AvgIpc) is 4.04. The average molecular weight is 1040 g/mol. The second-order valence-electron chi connectivity index (χ2n) is 22.4. The summed E-state index contributed by atoms with van der Waals surface area (Å²) in [4.78, 5) is 96.4. The Balaban J connectivity index is 0.753. The fourth-order valence-electron chi connectivity index (χ4n) is 13.2. The molecule has 5 aliphatic heterocycles. The van der Waals surface area contributed by atoms with Gasteiger partial charge in [0.25, 0.3) is 0 Å². The largest absolute Gasteiger partial charge is 0.359 e. The van der Waals surface area contributed by atoms with Gasteiger partial charge in [-0.1, -0.05) is 24.6 Å². The third-order valence-electron chi connectivity index (χ3n) is 17.8. The number of aromatic nitrogens is 5. The molecule has 5 fully saturated rings. The van der Waals surface area contributed by atoms with Crippen molar-refractivity contribution in [2.45, 2.75) is 127 Å². The van der Waals surface area contributed by atoms with Crippen LogP contribution in [0.15, 0.2) is 67.4 Å². The van der Waals surface area contributed by atoms with Crippen LogP contribution in [0.3, 0.4) is 0 Å². The number of aldehydes is 1. The summed E-state index contributed by atoms with van der Waals surface area (Å²) < 4.78 is 17.1. The molecule has 11 rings (SSSR count). The maximum Gasteiger partial charge on any atom is 0.238 e. The zero-order chi connectivity index (χ0) is 52.7. The van der Waals surface area contributed by atoms with Crippen molar-refractivity contribution in [3.8, 4) is 11.3 Å². The second-order valence-corrected chi connectivity index (χ2v) is 22.4. The highest BCUT2D eigenvalue weighted by molar-refractivity contribution is 6.09. The van der Waals surface area contributed by atoms with E-state index in [0.717, 1.165) is 71.4 Å². The summed E-state index contributed by atoms with van der Waals surface area (Å²) in [6, 6.07) is 14.3. The van der Waals surface area contributed by atoms with E-state index in [4.69, 9.17) is 9.97 Å². The van der Waals surface area contributed by atoms with Crippen LogP contribution in [0.5, 0.6) is 0 Å². The van der Waals surface area contributed by atoms with Crippen LogP contribution >= 0.6 is 0 Å². The molecule has 400 valence electrons. The highest BCUT2D eigenvalue weighted by atomic mass is 19.1. The van der Waals surface area contributed by atoms with Crippen LogP contribution in [0, 0.1) is 17.7 Å². The van der Waals surface area contributed by atoms with Crippen molar-refractivity contribution in [3.05, 3.63) is 84.3 Å². The molecule has 18 heteroatoms. The van der Waals surface area contributed by atoms with Gasteiger partial charge in [-0.3, -0.25) is 24.2 Å². The molecule has 1 atom stereocenters. The van der Waals surface area contributed by atoms with Gasteiger partial charge in [0.05, 0.1) is 40.8 Å². The number of fused-ring (bicyclic) bond motifs is 3. The van der Waals surface area contributed by atoms with Crippen LogP contribution < -0.4 is 20.4 Å². The van der Waals surface area contributed by atoms with Gasteiger partial charge in [0.15, 0.2) is 11.6 Å². The van der Waals surface area contributed by atoms with Gasteiger partial charge in [-0.2, -0.15) is 0 Å². The number of nitrogens with one attached hydrogen (secondary N) is 2. The lowest BCUT2D eigenvalue weighted by atomic mass is 9.73. The lowest BCUT2D eigenvalue weighted by Crippen LogP contribution is -2.58. The number of pyridine rings is 3. The van der Waals surface area contributed by atoms with Crippen LogP contribution in [0.1, 0.15) is 120 Å². The van der Waals surface area contributed by atoms with Crippen LogP contribution in [-0.4, -0.2) is 141 Å². The number of piperidine rings is 4. The van der Waals surface area contributed by atoms with Crippen molar-refractivity contribution in [2.24, 2.45) is 11.8 Å². The van der Waals surface area contributed by atoms with E-state index in [1.807, 2.05) is 32.6 Å². The summed E-state index contributed by atoms with van der Waals surface area (Å²) >= 11 is 0. The Kier molecular flexibility index (Phi) is 14.6. The van der Waals surface area contributed by atoms with Gasteiger partial charge in [-0.05, 0) is 133 Å². The van der Waals surface area contributed by atoms with E-state index in [-0.39, 0.29) is 53.2 Å². The minimum Gasteiger partial charge on any atom is -0.359 e. The van der Waals surface area contributed by atoms with Gasteiger partial charge in [0.1, 0.15) is 17.6 Å². The second kappa shape index (κ2) is 21.7. The molecule has 1 aliphatic carbocycles. The van der Waals surface area contributed by atoms with Gasteiger partial charge < -0.3 is 44.5 Å². The van der Waals surface area contributed by atoms with Crippen molar-refractivity contribution >= 4 is 64.0 Å². The van der Waals surface area contributed by atoms with Crippen molar-refractivity contribution in [1.29, 1.82) is 0 Å². The standard InChI is InChI=1S/C58H71FN12O5/c1-37(2)70-36-63-49-33-48(65-53(52(49)70)64-47-13-20-61-35-46(47)59)40-9-11-45-50(30-40)71(43-31-42(32-43)66-21-5-4-6-22-66)57(76)58(45)18-27-69(28-19-58)56(75)39-16-25-68(26-17-39)55(74)38-14-23-67(24-15-38)51-12-10-41(34-62-51)44(8-7-29-72)54(73)60-3/h9-13,20,29-30,33-39,42-44H,4-8,14-19,21-28,31-32H2,1-3H3,(H,60,73)(H,61,64,65). The van der Waals surface area contributed by atoms with Gasteiger partial charge in [-0.25, -0.2) is 19.3 Å². The predicted octanol–water partition coefficient (Wildman–Crippen LogP) is 7.54. The van der Waals surface area contributed by atoms with Crippen LogP contribution in [0.4, 0.5) is 27.4 Å². The smallest absolute Gasteiger partial charge is 0.238 e. The molecule has 17 nitrogen and oxygen atoms in total. The maximum absolute atomic E-state index is 15.3. The fraction of sp³-hybridized carbons (Fsp3) is 0.534. The van der Waals surface area contributed by atoms with Crippen molar-refractivity contribution in [3.63, 3.8) is 0 Å². The van der Waals surface area contributed by atoms with E-state index in [2.05, 4.69) is 67.3 Å². The number of likely N-dealkylation sites (N-methyl/N-ethyl adjacent to an activating group) is 1. The minimum absolute atomic E-state index is 0.0724. The monoisotopic (exact) mass is 1030 g/mol. The normalized spacial score (nSPS) is 21.7. The SMILES string of the molecule is CNC(=O)C(CCC=O)c1ccc(N2CCC(C(=O)N3CCC(C(=O)N4CCC5(CC4)C(=O)N(C4CC(N6CCCCC6)C4)c4cc(-c6cc7ncn(C(C)C)c7c(Nc7ccncc7F)n6)ccc45)CC3)CC2)nc1. The van der Waals surface area contributed by atoms with Gasteiger partial charge in [0.2, 0.25) is 23.6 Å². The summed E-state index contributed by atoms with van der Waals surface area (Å²) in [5.41, 5.74) is 5.20. The highest BCUT2D eigenvalue weighted by Gasteiger charge is 2.56. The van der Waals surface area contributed by atoms with Crippen molar-refractivity contribution < 1.29 is 28.4 Å². The van der Waals surface area contributed by atoms with Gasteiger partial charge >= 0.3 is 0 Å². The number of hydrogen-bond acceptors (Lipinski definition) is 12. The summed E-state index contributed by atoms with van der Waals surface area (Å²) in [7, 11) is 1.59. The molecule has 1 aromatic carbocycles. The molecule has 4 amide bonds. The molecular formula is C58H71FN12O5. The lowest BCUT2D eigenvalue weighted by molar-refractivity contribution is -0.144. The number of carbonyl (C=O) groups is 5. The zero-order valence-corrected chi connectivity index (χ0v) is 44.1. The summed E-state index contributed by atoms with van der Waals surface area (Å²) in [5.74, 6) is 0.367. The Morgan fingerprint density at radius 3 is 2.20 bits per heavy atom. The first-order valence-corrected chi connectivity index (χ1v) is 27.8. The number of anilines is 4. The topological polar surface area (TPSA) is 182 Å². The van der Waals surface area contributed by atoms with Crippen LogP contribution in [0.2, 0.25) is 0 Å². The Bertz CT molecular complexity index is 2960. The van der Waals surface area contributed by atoms with E-state index in [9.17, 15) is 19.2 Å². The number of likely N-dealkylation sites (tertiary alicyclic amines) is 3. The molecule has 0 radical (unpaired) electrons. The van der Waals surface area contributed by atoms with E-state index >= 15 is 9.18 Å². The number of rotatable bonds is 14. The molecular weight excluding hydrogens is 964 g/mol. The molecule has 76 heavy (non-hydrogen) atoms. The Labute approximate surface area is 444 Å². The number of amides is 4. The molecule has 0 bridgehead atoms. The Hall–Kier alpha value is -6.82. The molecule has 5 aromatic rings. The molecule has 9 heterocycles. The zero-order valence-electron chi connectivity index (χ0n) is 44.1. The summed E-state index contributed by atoms with van der Waals surface area (Å²) in [6.07, 6.45) is 17.1. The first-order chi connectivity index (χ1) is 36.9. The predicted molar refractivity (Wildman–Crippen MR) is 289 cm³/mol. The van der Waals surface area contributed by atoms with Gasteiger partial charge in [0, 0.05) is 106 Å². The Morgan fingerprint density at radius 2 is 1.54 bits per heavy atom. The first kappa shape index (κ1) is 51.3. The Morgan fingerprint density at radius 1 is 0.829 bits per heavy atom. The minimum atomic E-state index is -0.752. The number of benzene rings is 1. The quantitative estimate of drug-likeness (QED) is 0.105. The van der Waals surface area contributed by atoms with Gasteiger partial charge in [-0.15, -0.1) is 0 Å². The van der Waals surface area contributed by atoms with E-state index in [1.165, 1.54) is 25.5 Å². The molecule has 6 aliphatic rings. The molecule has 1 saturated carbocycles. The first-order valence-electron chi connectivity index (χ1n) is 27.8. The van der Waals surface area contributed by atoms with E-state index < -0.39 is 17.2 Å². The van der Waals surface area contributed by atoms with Crippen molar-refractivity contribution in [2.75, 3.05) is 74.5 Å². The molecule has 4 saturated heterocycles. The molecule has 4 aromatic heterocycles. The third kappa shape index (κ3) is 9.70. The number of hydrogen-bond donors (Lipinski definition) is 2. The summed E-state index contributed by atoms with van der Waals surface area (Å²) in [6.45, 7) is 9.83. The number of halogens is 1. The van der Waals surface area contributed by atoms with Crippen molar-refractivity contribution in [1.82, 2.24) is 44.5 Å². The molecule has 1 unspecified atom stereocenters. The molecule has 2 N–H and O–H groups in total. The number of nitrogens with zero attached hydrogens (tertiary/aromatic N) is 10. The highest BCUT2D eigenvalue weighted by Crippen LogP contribution is 2.52. The van der Waals surface area contributed by atoms with Crippen LogP contribution in [-0.2, 0) is 29.4 Å². The summed E-state index contributed by atoms with van der Waals surface area (Å²) in [5, 5.41) is 5.93. The van der Waals surface area contributed by atoms with Crippen LogP contribution in [0.25, 0.3) is 22.3 Å². The third-order valence-corrected chi connectivity index (χ3v) is 17.8. The lowest BCUT2D eigenvalue weighted by Gasteiger charge is -2.48. The van der Waals surface area contributed by atoms with E-state index in [1.54, 1.807) is 31.8 Å². The molecule has 1 spiro atoms. The fourth-order valence-corrected chi connectivity index (χ4v) is 13.2. The maximum atomic E-state index is 15.3. The van der Waals surface area contributed by atoms with E-state index in [0.29, 0.717) is 108 Å². The number of imidazole rings is 1.